The average Bonchev–Trinajstić information content (AvgIpc) is 2.74. The Hall–Kier alpha value is -2.42. The lowest BCUT2D eigenvalue weighted by Gasteiger charge is -2.35. The van der Waals surface area contributed by atoms with E-state index in [0.717, 1.165) is 11.1 Å². The lowest BCUT2D eigenvalue weighted by molar-refractivity contribution is 0.0139. The van der Waals surface area contributed by atoms with Crippen molar-refractivity contribution in [2.75, 3.05) is 33.2 Å². The first-order valence-electron chi connectivity index (χ1n) is 10.8. The molecule has 8 heteroatoms. The van der Waals surface area contributed by atoms with Gasteiger partial charge in [0.25, 0.3) is 0 Å². The molecular formula is C24H33N3O4S. The van der Waals surface area contributed by atoms with Crippen LogP contribution >= 0.6 is 0 Å². The fourth-order valence-electron chi connectivity index (χ4n) is 3.58. The SMILES string of the molecule is CN(Cc1ccccc1)S(=O)(=O)c1cccc(CN2CCN(C(=O)OC(C)(C)C)CC2)c1. The van der Waals surface area contributed by atoms with E-state index in [0.29, 0.717) is 44.2 Å². The van der Waals surface area contributed by atoms with Gasteiger partial charge < -0.3 is 9.64 Å². The van der Waals surface area contributed by atoms with Crippen LogP contribution in [-0.2, 0) is 27.8 Å². The van der Waals surface area contributed by atoms with Crippen molar-refractivity contribution in [3.05, 3.63) is 65.7 Å². The van der Waals surface area contributed by atoms with Gasteiger partial charge in [-0.2, -0.15) is 4.31 Å². The second-order valence-corrected chi connectivity index (χ2v) is 11.2. The summed E-state index contributed by atoms with van der Waals surface area (Å²) in [6, 6.07) is 16.7. The summed E-state index contributed by atoms with van der Waals surface area (Å²) in [4.78, 5) is 16.5. The number of carbonyl (C=O) groups excluding carboxylic acids is 1. The summed E-state index contributed by atoms with van der Waals surface area (Å²) < 4.78 is 33.0. The Morgan fingerprint density at radius 1 is 0.969 bits per heavy atom. The van der Waals surface area contributed by atoms with Crippen molar-refractivity contribution in [3.63, 3.8) is 0 Å². The van der Waals surface area contributed by atoms with Gasteiger partial charge in [-0.1, -0.05) is 42.5 Å². The molecule has 0 spiro atoms. The summed E-state index contributed by atoms with van der Waals surface area (Å²) in [5, 5.41) is 0. The summed E-state index contributed by atoms with van der Waals surface area (Å²) in [7, 11) is -1.99. The number of piperazine rings is 1. The standard InChI is InChI=1S/C24H33N3O4S/c1-24(2,3)31-23(28)27-15-13-26(14-16-27)19-21-11-8-12-22(17-21)32(29,30)25(4)18-20-9-6-5-7-10-20/h5-12,17H,13-16,18-19H2,1-4H3. The normalized spacial score (nSPS) is 15.7. The highest BCUT2D eigenvalue weighted by Gasteiger charge is 2.26. The molecule has 1 aliphatic heterocycles. The van der Waals surface area contributed by atoms with Crippen LogP contribution in [0.15, 0.2) is 59.5 Å². The molecule has 0 saturated carbocycles. The second kappa shape index (κ2) is 10.0. The van der Waals surface area contributed by atoms with E-state index in [9.17, 15) is 13.2 Å². The molecule has 7 nitrogen and oxygen atoms in total. The van der Waals surface area contributed by atoms with Crippen LogP contribution in [-0.4, -0.2) is 67.4 Å². The molecule has 3 rings (SSSR count). The quantitative estimate of drug-likeness (QED) is 0.661. The number of benzene rings is 2. The zero-order valence-corrected chi connectivity index (χ0v) is 20.1. The molecule has 1 aliphatic rings. The molecule has 2 aromatic rings. The average molecular weight is 460 g/mol. The molecule has 0 unspecified atom stereocenters. The molecule has 1 amide bonds. The van der Waals surface area contributed by atoms with Crippen molar-refractivity contribution in [1.29, 1.82) is 0 Å². The maximum Gasteiger partial charge on any atom is 0.410 e. The maximum absolute atomic E-state index is 13.1. The summed E-state index contributed by atoms with van der Waals surface area (Å²) in [6.45, 7) is 9.14. The van der Waals surface area contributed by atoms with Gasteiger partial charge in [0.1, 0.15) is 5.60 Å². The smallest absolute Gasteiger partial charge is 0.410 e. The number of sulfonamides is 1. The molecule has 2 aromatic carbocycles. The molecular weight excluding hydrogens is 426 g/mol. The molecule has 0 radical (unpaired) electrons. The molecule has 0 aliphatic carbocycles. The predicted molar refractivity (Wildman–Crippen MR) is 125 cm³/mol. The zero-order valence-electron chi connectivity index (χ0n) is 19.3. The molecule has 0 N–H and O–H groups in total. The minimum absolute atomic E-state index is 0.285. The Labute approximate surface area is 191 Å². The predicted octanol–water partition coefficient (Wildman–Crippen LogP) is 3.56. The molecule has 0 bridgehead atoms. The van der Waals surface area contributed by atoms with Crippen LogP contribution < -0.4 is 0 Å². The van der Waals surface area contributed by atoms with Crippen molar-refractivity contribution in [1.82, 2.24) is 14.1 Å². The number of amides is 1. The molecule has 1 heterocycles. The lowest BCUT2D eigenvalue weighted by atomic mass is 10.2. The highest BCUT2D eigenvalue weighted by molar-refractivity contribution is 7.89. The number of carbonyl (C=O) groups is 1. The first-order valence-corrected chi connectivity index (χ1v) is 12.3. The van der Waals surface area contributed by atoms with Crippen LogP contribution in [0.5, 0.6) is 0 Å². The van der Waals surface area contributed by atoms with Gasteiger partial charge in [0, 0.05) is 46.3 Å². The number of ether oxygens (including phenoxy) is 1. The van der Waals surface area contributed by atoms with Gasteiger partial charge >= 0.3 is 6.09 Å². The monoisotopic (exact) mass is 459 g/mol. The Bertz CT molecular complexity index is 1010. The molecule has 32 heavy (non-hydrogen) atoms. The van der Waals surface area contributed by atoms with Crippen LogP contribution in [0.25, 0.3) is 0 Å². The maximum atomic E-state index is 13.1. The van der Waals surface area contributed by atoms with Gasteiger partial charge in [-0.3, -0.25) is 4.90 Å². The van der Waals surface area contributed by atoms with Crippen molar-refractivity contribution >= 4 is 16.1 Å². The Balaban J connectivity index is 1.60. The van der Waals surface area contributed by atoms with E-state index in [1.165, 1.54) is 4.31 Å². The first kappa shape index (κ1) is 24.2. The third-order valence-electron chi connectivity index (χ3n) is 5.28. The lowest BCUT2D eigenvalue weighted by Crippen LogP contribution is -2.49. The van der Waals surface area contributed by atoms with Crippen molar-refractivity contribution < 1.29 is 17.9 Å². The van der Waals surface area contributed by atoms with E-state index >= 15 is 0 Å². The number of nitrogens with zero attached hydrogens (tertiary/aromatic N) is 3. The zero-order chi connectivity index (χ0) is 23.4. The first-order chi connectivity index (χ1) is 15.0. The largest absolute Gasteiger partial charge is 0.444 e. The van der Waals surface area contributed by atoms with Gasteiger partial charge in [0.15, 0.2) is 0 Å². The molecule has 1 saturated heterocycles. The number of hydrogen-bond acceptors (Lipinski definition) is 5. The minimum Gasteiger partial charge on any atom is -0.444 e. The number of hydrogen-bond donors (Lipinski definition) is 0. The molecule has 0 atom stereocenters. The van der Waals surface area contributed by atoms with E-state index in [1.807, 2.05) is 57.2 Å². The fraction of sp³-hybridized carbons (Fsp3) is 0.458. The minimum atomic E-state index is -3.59. The van der Waals surface area contributed by atoms with Crippen LogP contribution in [0, 0.1) is 0 Å². The summed E-state index contributed by atoms with van der Waals surface area (Å²) in [5.74, 6) is 0. The van der Waals surface area contributed by atoms with Gasteiger partial charge in [-0.15, -0.1) is 0 Å². The van der Waals surface area contributed by atoms with E-state index in [2.05, 4.69) is 4.90 Å². The van der Waals surface area contributed by atoms with Crippen LogP contribution in [0.4, 0.5) is 4.79 Å². The highest BCUT2D eigenvalue weighted by atomic mass is 32.2. The van der Waals surface area contributed by atoms with Gasteiger partial charge in [-0.05, 0) is 44.0 Å². The Morgan fingerprint density at radius 2 is 1.59 bits per heavy atom. The van der Waals surface area contributed by atoms with Crippen LogP contribution in [0.2, 0.25) is 0 Å². The fourth-order valence-corrected chi connectivity index (χ4v) is 4.81. The van der Waals surface area contributed by atoms with E-state index in [-0.39, 0.29) is 6.09 Å². The van der Waals surface area contributed by atoms with Gasteiger partial charge in [-0.25, -0.2) is 13.2 Å². The third kappa shape index (κ3) is 6.54. The van der Waals surface area contributed by atoms with Crippen molar-refractivity contribution in [2.45, 2.75) is 44.4 Å². The van der Waals surface area contributed by atoms with Gasteiger partial charge in [0.2, 0.25) is 10.0 Å². The van der Waals surface area contributed by atoms with Gasteiger partial charge in [0.05, 0.1) is 4.90 Å². The Morgan fingerprint density at radius 3 is 2.22 bits per heavy atom. The van der Waals surface area contributed by atoms with Crippen molar-refractivity contribution in [3.8, 4) is 0 Å². The molecule has 174 valence electrons. The summed E-state index contributed by atoms with van der Waals surface area (Å²) >= 11 is 0. The van der Waals surface area contributed by atoms with Crippen LogP contribution in [0.3, 0.4) is 0 Å². The van der Waals surface area contributed by atoms with E-state index < -0.39 is 15.6 Å². The third-order valence-corrected chi connectivity index (χ3v) is 7.08. The second-order valence-electron chi connectivity index (χ2n) is 9.14. The summed E-state index contributed by atoms with van der Waals surface area (Å²) in [5.41, 5.74) is 1.37. The summed E-state index contributed by atoms with van der Waals surface area (Å²) in [6.07, 6.45) is -0.285. The highest BCUT2D eigenvalue weighted by Crippen LogP contribution is 2.20. The molecule has 0 aromatic heterocycles. The number of rotatable bonds is 6. The Kier molecular flexibility index (Phi) is 7.59. The van der Waals surface area contributed by atoms with E-state index in [1.54, 1.807) is 30.1 Å². The van der Waals surface area contributed by atoms with Crippen LogP contribution in [0.1, 0.15) is 31.9 Å². The van der Waals surface area contributed by atoms with E-state index in [4.69, 9.17) is 4.74 Å². The topological polar surface area (TPSA) is 70.2 Å². The van der Waals surface area contributed by atoms with Crippen molar-refractivity contribution in [2.24, 2.45) is 0 Å². The molecule has 1 fully saturated rings.